The predicted octanol–water partition coefficient (Wildman–Crippen LogP) is 3.85. The summed E-state index contributed by atoms with van der Waals surface area (Å²) in [6.45, 7) is 4.16. The number of hydrogen-bond acceptors (Lipinski definition) is 2. The first-order chi connectivity index (χ1) is 11.1. The molecule has 126 valence electrons. The van der Waals surface area contributed by atoms with Crippen LogP contribution in [0, 0.1) is 12.8 Å². The van der Waals surface area contributed by atoms with E-state index in [-0.39, 0.29) is 5.91 Å². The van der Waals surface area contributed by atoms with E-state index in [0.717, 1.165) is 30.0 Å². The van der Waals surface area contributed by atoms with Gasteiger partial charge in [0.15, 0.2) is 5.11 Å². The molecular weight excluding hydrogens is 306 g/mol. The van der Waals surface area contributed by atoms with Gasteiger partial charge in [0.2, 0.25) is 5.91 Å². The molecule has 0 aromatic heterocycles. The molecule has 3 N–H and O–H groups in total. The molecule has 0 bridgehead atoms. The van der Waals surface area contributed by atoms with Gasteiger partial charge in [-0.05, 0) is 49.0 Å². The maximum Gasteiger partial charge on any atom is 0.238 e. The first kappa shape index (κ1) is 17.7. The van der Waals surface area contributed by atoms with E-state index >= 15 is 0 Å². The summed E-state index contributed by atoms with van der Waals surface area (Å²) in [5.41, 5.74) is 8.87. The highest BCUT2D eigenvalue weighted by Crippen LogP contribution is 2.28. The van der Waals surface area contributed by atoms with Crippen LogP contribution in [0.4, 0.5) is 5.69 Å². The number of thiocarbonyl (C=S) groups is 1. The Labute approximate surface area is 144 Å². The minimum absolute atomic E-state index is 0.00143. The zero-order chi connectivity index (χ0) is 16.7. The van der Waals surface area contributed by atoms with Crippen LogP contribution in [0.5, 0.6) is 0 Å². The Bertz CT molecular complexity index is 553. The lowest BCUT2D eigenvalue weighted by Gasteiger charge is -2.16. The number of rotatable bonds is 5. The van der Waals surface area contributed by atoms with Crippen LogP contribution >= 0.6 is 12.2 Å². The van der Waals surface area contributed by atoms with Gasteiger partial charge in [0, 0.05) is 12.1 Å². The van der Waals surface area contributed by atoms with E-state index in [4.69, 9.17) is 12.2 Å². The van der Waals surface area contributed by atoms with Gasteiger partial charge < -0.3 is 5.32 Å². The topological polar surface area (TPSA) is 53.2 Å². The first-order valence-corrected chi connectivity index (χ1v) is 8.95. The summed E-state index contributed by atoms with van der Waals surface area (Å²) >= 11 is 5.28. The average molecular weight is 334 g/mol. The van der Waals surface area contributed by atoms with Gasteiger partial charge in [0.1, 0.15) is 0 Å². The molecule has 4 nitrogen and oxygen atoms in total. The molecule has 1 saturated carbocycles. The second-order valence-corrected chi connectivity index (χ2v) is 6.69. The van der Waals surface area contributed by atoms with E-state index in [1.807, 2.05) is 19.1 Å². The number of para-hydroxylation sites is 1. The molecule has 1 aliphatic carbocycles. The maximum absolute atomic E-state index is 11.9. The molecule has 1 amide bonds. The third kappa shape index (κ3) is 5.50. The van der Waals surface area contributed by atoms with Crippen LogP contribution in [0.1, 0.15) is 56.6 Å². The number of anilines is 1. The van der Waals surface area contributed by atoms with Crippen LogP contribution in [-0.4, -0.2) is 11.0 Å². The van der Waals surface area contributed by atoms with Crippen LogP contribution in [-0.2, 0) is 11.2 Å². The normalized spacial score (nSPS) is 14.5. The average Bonchev–Trinajstić information content (AvgIpc) is 3.06. The fraction of sp³-hybridized carbons (Fsp3) is 0.556. The maximum atomic E-state index is 11.9. The quantitative estimate of drug-likeness (QED) is 0.566. The largest absolute Gasteiger partial charge is 0.331 e. The smallest absolute Gasteiger partial charge is 0.238 e. The summed E-state index contributed by atoms with van der Waals surface area (Å²) in [5.74, 6) is 0.728. The van der Waals surface area contributed by atoms with E-state index < -0.39 is 0 Å². The minimum Gasteiger partial charge on any atom is -0.331 e. The molecule has 0 atom stereocenters. The number of benzene rings is 1. The highest BCUT2D eigenvalue weighted by atomic mass is 32.1. The molecule has 1 fully saturated rings. The van der Waals surface area contributed by atoms with Crippen molar-refractivity contribution in [3.63, 3.8) is 0 Å². The Morgan fingerprint density at radius 3 is 2.70 bits per heavy atom. The van der Waals surface area contributed by atoms with Crippen molar-refractivity contribution in [2.24, 2.45) is 5.92 Å². The molecule has 0 spiro atoms. The molecule has 0 saturated heterocycles. The SMILES string of the molecule is CCc1cccc(C)c1NC(=S)NNC(=O)CCC1CCCC1. The van der Waals surface area contributed by atoms with E-state index in [1.54, 1.807) is 0 Å². The Morgan fingerprint density at radius 1 is 1.26 bits per heavy atom. The second kappa shape index (κ2) is 8.87. The summed E-state index contributed by atoms with van der Waals surface area (Å²) in [7, 11) is 0. The number of hydrazine groups is 1. The Kier molecular flexibility index (Phi) is 6.84. The van der Waals surface area contributed by atoms with Crippen molar-refractivity contribution < 1.29 is 4.79 Å². The lowest BCUT2D eigenvalue weighted by Crippen LogP contribution is -2.44. The monoisotopic (exact) mass is 333 g/mol. The lowest BCUT2D eigenvalue weighted by molar-refractivity contribution is -0.121. The zero-order valence-electron chi connectivity index (χ0n) is 14.1. The molecule has 23 heavy (non-hydrogen) atoms. The van der Waals surface area contributed by atoms with Crippen LogP contribution in [0.3, 0.4) is 0 Å². The number of nitrogens with one attached hydrogen (secondary N) is 3. The van der Waals surface area contributed by atoms with Crippen LogP contribution in [0.25, 0.3) is 0 Å². The highest BCUT2D eigenvalue weighted by molar-refractivity contribution is 7.80. The van der Waals surface area contributed by atoms with E-state index in [9.17, 15) is 4.79 Å². The van der Waals surface area contributed by atoms with E-state index in [0.29, 0.717) is 11.5 Å². The molecule has 0 heterocycles. The molecule has 1 aliphatic rings. The molecular formula is C18H27N3OS. The summed E-state index contributed by atoms with van der Waals surface area (Å²) in [5, 5.41) is 3.61. The van der Waals surface area contributed by atoms with Crippen molar-refractivity contribution in [1.29, 1.82) is 0 Å². The standard InChI is InChI=1S/C18H27N3OS/c1-3-15-10-6-7-13(2)17(15)19-18(23)21-20-16(22)12-11-14-8-4-5-9-14/h6-7,10,14H,3-5,8-9,11-12H2,1-2H3,(H,20,22)(H2,19,21,23). The van der Waals surface area contributed by atoms with Gasteiger partial charge in [-0.25, -0.2) is 0 Å². The van der Waals surface area contributed by atoms with Gasteiger partial charge in [0.05, 0.1) is 0 Å². The van der Waals surface area contributed by atoms with Crippen molar-refractivity contribution >= 4 is 28.9 Å². The molecule has 0 aliphatic heterocycles. The fourth-order valence-electron chi connectivity index (χ4n) is 3.17. The predicted molar refractivity (Wildman–Crippen MR) is 99.2 cm³/mol. The van der Waals surface area contributed by atoms with Gasteiger partial charge >= 0.3 is 0 Å². The Balaban J connectivity index is 1.75. The molecule has 0 unspecified atom stereocenters. The van der Waals surface area contributed by atoms with Gasteiger partial charge in [-0.2, -0.15) is 0 Å². The number of carbonyl (C=O) groups excluding carboxylic acids is 1. The van der Waals surface area contributed by atoms with Crippen LogP contribution in [0.2, 0.25) is 0 Å². The lowest BCUT2D eigenvalue weighted by atomic mass is 10.0. The molecule has 5 heteroatoms. The first-order valence-electron chi connectivity index (χ1n) is 8.54. The highest BCUT2D eigenvalue weighted by Gasteiger charge is 2.16. The molecule has 0 radical (unpaired) electrons. The number of carbonyl (C=O) groups is 1. The van der Waals surface area contributed by atoms with Gasteiger partial charge in [-0.15, -0.1) is 0 Å². The number of amides is 1. The summed E-state index contributed by atoms with van der Waals surface area (Å²) < 4.78 is 0. The number of hydrogen-bond donors (Lipinski definition) is 3. The van der Waals surface area contributed by atoms with Crippen molar-refractivity contribution in [2.45, 2.75) is 58.8 Å². The van der Waals surface area contributed by atoms with E-state index in [1.165, 1.54) is 31.2 Å². The van der Waals surface area contributed by atoms with Crippen molar-refractivity contribution in [2.75, 3.05) is 5.32 Å². The molecule has 1 aromatic carbocycles. The Morgan fingerprint density at radius 2 is 2.00 bits per heavy atom. The summed E-state index contributed by atoms with van der Waals surface area (Å²) in [6.07, 6.45) is 7.64. The van der Waals surface area contributed by atoms with Gasteiger partial charge in [-0.3, -0.25) is 15.6 Å². The van der Waals surface area contributed by atoms with Crippen LogP contribution < -0.4 is 16.2 Å². The summed E-state index contributed by atoms with van der Waals surface area (Å²) in [6, 6.07) is 6.17. The minimum atomic E-state index is 0.00143. The van der Waals surface area contributed by atoms with Crippen molar-refractivity contribution in [3.05, 3.63) is 29.3 Å². The molecule has 2 rings (SSSR count). The molecule has 1 aromatic rings. The van der Waals surface area contributed by atoms with E-state index in [2.05, 4.69) is 29.2 Å². The zero-order valence-corrected chi connectivity index (χ0v) is 14.9. The van der Waals surface area contributed by atoms with Crippen molar-refractivity contribution in [3.8, 4) is 0 Å². The van der Waals surface area contributed by atoms with Crippen molar-refractivity contribution in [1.82, 2.24) is 10.9 Å². The third-order valence-electron chi connectivity index (χ3n) is 4.55. The van der Waals surface area contributed by atoms with Gasteiger partial charge in [0.25, 0.3) is 0 Å². The summed E-state index contributed by atoms with van der Waals surface area (Å²) in [4.78, 5) is 11.9. The van der Waals surface area contributed by atoms with Crippen LogP contribution in [0.15, 0.2) is 18.2 Å². The second-order valence-electron chi connectivity index (χ2n) is 6.28. The van der Waals surface area contributed by atoms with Gasteiger partial charge in [-0.1, -0.05) is 50.8 Å². The fourth-order valence-corrected chi connectivity index (χ4v) is 3.32. The number of aryl methyl sites for hydroxylation is 2. The Hall–Kier alpha value is -1.62. The third-order valence-corrected chi connectivity index (χ3v) is 4.75.